The van der Waals surface area contributed by atoms with Gasteiger partial charge in [-0.05, 0) is 36.1 Å². The number of nitrogens with zero attached hydrogens (tertiary/aromatic N) is 2. The van der Waals surface area contributed by atoms with Crippen molar-refractivity contribution in [1.82, 2.24) is 9.88 Å². The average Bonchev–Trinajstić information content (AvgIpc) is 2.90. The number of hydrogen-bond donors (Lipinski definition) is 0. The zero-order valence-electron chi connectivity index (χ0n) is 12.5. The molecule has 0 N–H and O–H groups in total. The third-order valence-electron chi connectivity index (χ3n) is 4.27. The molecule has 0 aliphatic carbocycles. The molecule has 1 unspecified atom stereocenters. The zero-order chi connectivity index (χ0) is 14.1. The quantitative estimate of drug-likeness (QED) is 0.782. The number of benzene rings is 1. The van der Waals surface area contributed by atoms with Crippen molar-refractivity contribution in [3.8, 4) is 0 Å². The van der Waals surface area contributed by atoms with Crippen LogP contribution in [0.3, 0.4) is 0 Å². The highest BCUT2D eigenvalue weighted by Crippen LogP contribution is 2.26. The normalized spacial score (nSPS) is 19.3. The average molecular weight is 266 g/mol. The molecule has 2 heteroatoms. The minimum absolute atomic E-state index is 0.557. The van der Waals surface area contributed by atoms with Crippen molar-refractivity contribution in [2.45, 2.75) is 33.4 Å². The molecule has 0 spiro atoms. The molecule has 2 aromatic rings. The largest absolute Gasteiger partial charge is 0.289 e. The molecule has 1 aliphatic heterocycles. The van der Waals surface area contributed by atoms with Gasteiger partial charge in [-0.2, -0.15) is 0 Å². The van der Waals surface area contributed by atoms with E-state index in [0.717, 1.165) is 18.6 Å². The van der Waals surface area contributed by atoms with E-state index in [9.17, 15) is 0 Å². The van der Waals surface area contributed by atoms with Crippen molar-refractivity contribution in [3.63, 3.8) is 0 Å². The Bertz CT molecular complexity index is 643. The molecule has 3 rings (SSSR count). The first kappa shape index (κ1) is 13.3. The highest BCUT2D eigenvalue weighted by Gasteiger charge is 2.23. The second kappa shape index (κ2) is 5.37. The van der Waals surface area contributed by atoms with Gasteiger partial charge in [0.1, 0.15) is 0 Å². The predicted octanol–water partition coefficient (Wildman–Crippen LogP) is 3.94. The third-order valence-corrected chi connectivity index (χ3v) is 4.27. The third kappa shape index (κ3) is 2.36. The Balaban J connectivity index is 1.97. The molecule has 0 radical (unpaired) electrons. The second-order valence-electron chi connectivity index (χ2n) is 6.02. The summed E-state index contributed by atoms with van der Waals surface area (Å²) >= 11 is 0. The van der Waals surface area contributed by atoms with E-state index in [1.165, 1.54) is 16.5 Å². The summed E-state index contributed by atoms with van der Waals surface area (Å²) in [4.78, 5) is 7.03. The van der Waals surface area contributed by atoms with Crippen LogP contribution in [0, 0.1) is 12.8 Å². The number of aromatic nitrogens is 1. The van der Waals surface area contributed by atoms with Gasteiger partial charge >= 0.3 is 0 Å². The Kier molecular flexibility index (Phi) is 3.58. The molecule has 1 aromatic carbocycles. The topological polar surface area (TPSA) is 16.1 Å². The summed E-state index contributed by atoms with van der Waals surface area (Å²) in [5.41, 5.74) is 3.88. The molecule has 20 heavy (non-hydrogen) atoms. The Morgan fingerprint density at radius 1 is 1.30 bits per heavy atom. The molecular weight excluding hydrogens is 244 g/mol. The highest BCUT2D eigenvalue weighted by molar-refractivity contribution is 5.83. The lowest BCUT2D eigenvalue weighted by molar-refractivity contribution is 0.219. The van der Waals surface area contributed by atoms with Gasteiger partial charge in [0, 0.05) is 30.7 Å². The van der Waals surface area contributed by atoms with Crippen molar-refractivity contribution < 1.29 is 0 Å². The van der Waals surface area contributed by atoms with E-state index in [1.807, 2.05) is 12.3 Å². The standard InChI is InChI=1S/C18H22N2/c1-13(2)18-7-5-11-20(18)12-16-14(3)8-9-17-15(16)6-4-10-19-17/h4-10,13,18H,11-12H2,1-3H3. The van der Waals surface area contributed by atoms with Crippen LogP contribution in [0.1, 0.15) is 25.0 Å². The van der Waals surface area contributed by atoms with Gasteiger partial charge in [-0.3, -0.25) is 9.88 Å². The summed E-state index contributed by atoms with van der Waals surface area (Å²) < 4.78 is 0. The van der Waals surface area contributed by atoms with E-state index in [0.29, 0.717) is 12.0 Å². The van der Waals surface area contributed by atoms with Gasteiger partial charge in [0.2, 0.25) is 0 Å². The van der Waals surface area contributed by atoms with Crippen LogP contribution >= 0.6 is 0 Å². The van der Waals surface area contributed by atoms with Crippen LogP contribution in [-0.4, -0.2) is 22.5 Å². The number of aryl methyl sites for hydroxylation is 1. The van der Waals surface area contributed by atoms with E-state index >= 15 is 0 Å². The molecule has 1 atom stereocenters. The van der Waals surface area contributed by atoms with Crippen molar-refractivity contribution in [3.05, 3.63) is 53.7 Å². The lowest BCUT2D eigenvalue weighted by Crippen LogP contribution is -2.33. The van der Waals surface area contributed by atoms with Gasteiger partial charge in [0.05, 0.1) is 5.52 Å². The van der Waals surface area contributed by atoms with Crippen LogP contribution in [0.5, 0.6) is 0 Å². The van der Waals surface area contributed by atoms with Crippen LogP contribution in [-0.2, 0) is 6.54 Å². The maximum atomic E-state index is 4.48. The molecule has 0 bridgehead atoms. The lowest BCUT2D eigenvalue weighted by Gasteiger charge is -2.28. The summed E-state index contributed by atoms with van der Waals surface area (Å²) in [5, 5.41) is 1.29. The minimum Gasteiger partial charge on any atom is -0.289 e. The number of fused-ring (bicyclic) bond motifs is 1. The molecule has 1 aliphatic rings. The van der Waals surface area contributed by atoms with Crippen LogP contribution in [0.4, 0.5) is 0 Å². The molecule has 104 valence electrons. The van der Waals surface area contributed by atoms with Gasteiger partial charge in [-0.25, -0.2) is 0 Å². The number of hydrogen-bond acceptors (Lipinski definition) is 2. The summed E-state index contributed by atoms with van der Waals surface area (Å²) in [5.74, 6) is 0.655. The fourth-order valence-corrected chi connectivity index (χ4v) is 3.13. The first-order chi connectivity index (χ1) is 9.66. The van der Waals surface area contributed by atoms with Crippen LogP contribution in [0.2, 0.25) is 0 Å². The zero-order valence-corrected chi connectivity index (χ0v) is 12.5. The van der Waals surface area contributed by atoms with Crippen molar-refractivity contribution in [1.29, 1.82) is 0 Å². The van der Waals surface area contributed by atoms with E-state index in [-0.39, 0.29) is 0 Å². The van der Waals surface area contributed by atoms with Gasteiger partial charge < -0.3 is 0 Å². The SMILES string of the molecule is Cc1ccc2ncccc2c1CN1CC=CC1C(C)C. The lowest BCUT2D eigenvalue weighted by atomic mass is 10.00. The molecule has 0 saturated heterocycles. The fourth-order valence-electron chi connectivity index (χ4n) is 3.13. The van der Waals surface area contributed by atoms with Gasteiger partial charge in [0.15, 0.2) is 0 Å². The maximum absolute atomic E-state index is 4.48. The summed E-state index contributed by atoms with van der Waals surface area (Å²) in [7, 11) is 0. The summed E-state index contributed by atoms with van der Waals surface area (Å²) in [6.45, 7) is 8.86. The van der Waals surface area contributed by atoms with Crippen molar-refractivity contribution in [2.24, 2.45) is 5.92 Å². The number of rotatable bonds is 3. The molecule has 2 heterocycles. The van der Waals surface area contributed by atoms with Gasteiger partial charge in [-0.1, -0.05) is 38.1 Å². The molecular formula is C18H22N2. The minimum atomic E-state index is 0.557. The van der Waals surface area contributed by atoms with E-state index in [2.05, 4.69) is 61.0 Å². The van der Waals surface area contributed by atoms with Crippen molar-refractivity contribution in [2.75, 3.05) is 6.54 Å². The Morgan fingerprint density at radius 3 is 2.95 bits per heavy atom. The smallest absolute Gasteiger partial charge is 0.0705 e. The Labute approximate surface area is 121 Å². The van der Waals surface area contributed by atoms with Crippen LogP contribution in [0.15, 0.2) is 42.6 Å². The summed E-state index contributed by atoms with van der Waals surface area (Å²) in [6, 6.07) is 9.10. The molecule has 0 amide bonds. The van der Waals surface area contributed by atoms with E-state index in [1.54, 1.807) is 0 Å². The monoisotopic (exact) mass is 266 g/mol. The Hall–Kier alpha value is -1.67. The van der Waals surface area contributed by atoms with E-state index in [4.69, 9.17) is 0 Å². The predicted molar refractivity (Wildman–Crippen MR) is 84.7 cm³/mol. The van der Waals surface area contributed by atoms with E-state index < -0.39 is 0 Å². The van der Waals surface area contributed by atoms with Crippen molar-refractivity contribution >= 4 is 10.9 Å². The maximum Gasteiger partial charge on any atom is 0.0705 e. The van der Waals surface area contributed by atoms with Gasteiger partial charge in [0.25, 0.3) is 0 Å². The molecule has 2 nitrogen and oxygen atoms in total. The molecule has 1 aromatic heterocycles. The first-order valence-corrected chi connectivity index (χ1v) is 7.40. The van der Waals surface area contributed by atoms with Gasteiger partial charge in [-0.15, -0.1) is 0 Å². The summed E-state index contributed by atoms with van der Waals surface area (Å²) in [6.07, 6.45) is 6.52. The second-order valence-corrected chi connectivity index (χ2v) is 6.02. The highest BCUT2D eigenvalue weighted by atomic mass is 15.2. The molecule has 0 saturated carbocycles. The van der Waals surface area contributed by atoms with Crippen LogP contribution in [0.25, 0.3) is 10.9 Å². The first-order valence-electron chi connectivity index (χ1n) is 7.40. The number of pyridine rings is 1. The fraction of sp³-hybridized carbons (Fsp3) is 0.389. The molecule has 0 fully saturated rings. The van der Waals surface area contributed by atoms with Crippen LogP contribution < -0.4 is 0 Å². The Morgan fingerprint density at radius 2 is 2.15 bits per heavy atom.